The number of halogens is 1. The highest BCUT2D eigenvalue weighted by Crippen LogP contribution is 2.24. The molecule has 1 unspecified atom stereocenters. The van der Waals surface area contributed by atoms with E-state index in [1.54, 1.807) is 13.2 Å². The number of nitrogens with one attached hydrogen (secondary N) is 1. The number of nitrogens with zero attached hydrogens (tertiary/aromatic N) is 1. The van der Waals surface area contributed by atoms with Crippen molar-refractivity contribution in [2.75, 3.05) is 38.3 Å². The van der Waals surface area contributed by atoms with Crippen molar-refractivity contribution < 1.29 is 9.13 Å². The number of hydrogen-bond donors (Lipinski definition) is 1. The topological polar surface area (TPSA) is 24.5 Å². The van der Waals surface area contributed by atoms with E-state index in [2.05, 4.69) is 37.9 Å². The van der Waals surface area contributed by atoms with Crippen molar-refractivity contribution in [3.8, 4) is 0 Å². The van der Waals surface area contributed by atoms with Gasteiger partial charge in [-0.2, -0.15) is 0 Å². The van der Waals surface area contributed by atoms with E-state index in [9.17, 15) is 4.39 Å². The number of ether oxygens (including phenoxy) is 1. The summed E-state index contributed by atoms with van der Waals surface area (Å²) in [7, 11) is 1.67. The monoisotopic (exact) mass is 296 g/mol. The van der Waals surface area contributed by atoms with Crippen LogP contribution in [-0.2, 0) is 4.74 Å². The Labute approximate surface area is 128 Å². The van der Waals surface area contributed by atoms with Gasteiger partial charge in [-0.25, -0.2) is 4.39 Å². The van der Waals surface area contributed by atoms with Crippen LogP contribution in [0.2, 0.25) is 0 Å². The highest BCUT2D eigenvalue weighted by Gasteiger charge is 2.15. The van der Waals surface area contributed by atoms with Crippen molar-refractivity contribution in [2.45, 2.75) is 33.7 Å². The quantitative estimate of drug-likeness (QED) is 0.753. The first-order valence-corrected chi connectivity index (χ1v) is 7.76. The molecular formula is C17H29FN2O. The third-order valence-electron chi connectivity index (χ3n) is 3.47. The zero-order valence-electron chi connectivity index (χ0n) is 13.9. The Bertz CT molecular complexity index is 423. The predicted octanol–water partition coefficient (Wildman–Crippen LogP) is 3.61. The molecule has 0 aliphatic carbocycles. The van der Waals surface area contributed by atoms with Gasteiger partial charge in [0, 0.05) is 26.2 Å². The molecule has 1 rings (SSSR count). The van der Waals surface area contributed by atoms with E-state index in [0.717, 1.165) is 18.7 Å². The average Bonchev–Trinajstić information content (AvgIpc) is 2.43. The third kappa shape index (κ3) is 5.64. The average molecular weight is 296 g/mol. The van der Waals surface area contributed by atoms with Gasteiger partial charge in [0.25, 0.3) is 0 Å². The van der Waals surface area contributed by atoms with Gasteiger partial charge in [0.15, 0.2) is 0 Å². The fourth-order valence-corrected chi connectivity index (χ4v) is 2.43. The maximum Gasteiger partial charge on any atom is 0.146 e. The minimum Gasteiger partial charge on any atom is -0.383 e. The Morgan fingerprint density at radius 2 is 2.00 bits per heavy atom. The summed E-state index contributed by atoms with van der Waals surface area (Å²) in [5.74, 6) is 0.315. The zero-order chi connectivity index (χ0) is 15.8. The van der Waals surface area contributed by atoms with Gasteiger partial charge in [-0.3, -0.25) is 0 Å². The van der Waals surface area contributed by atoms with Crippen LogP contribution in [-0.4, -0.2) is 33.4 Å². The number of benzene rings is 1. The molecular weight excluding hydrogens is 267 g/mol. The van der Waals surface area contributed by atoms with Crippen LogP contribution in [0, 0.1) is 11.7 Å². The molecule has 0 amide bonds. The summed E-state index contributed by atoms with van der Waals surface area (Å²) in [6.07, 6.45) is 0. The summed E-state index contributed by atoms with van der Waals surface area (Å²) in [6.45, 7) is 11.4. The molecule has 0 saturated carbocycles. The molecule has 0 aliphatic heterocycles. The highest BCUT2D eigenvalue weighted by molar-refractivity contribution is 5.49. The van der Waals surface area contributed by atoms with Crippen LogP contribution in [0.4, 0.5) is 10.1 Å². The third-order valence-corrected chi connectivity index (χ3v) is 3.47. The lowest BCUT2D eigenvalue weighted by molar-refractivity contribution is 0.204. The Hall–Kier alpha value is -1.13. The van der Waals surface area contributed by atoms with Gasteiger partial charge in [0.05, 0.1) is 12.3 Å². The first kappa shape index (κ1) is 17.9. The number of methoxy groups -OCH3 is 1. The molecule has 1 N–H and O–H groups in total. The van der Waals surface area contributed by atoms with Crippen molar-refractivity contribution in [1.82, 2.24) is 5.32 Å². The molecule has 1 aromatic rings. The van der Waals surface area contributed by atoms with Crippen LogP contribution < -0.4 is 10.2 Å². The van der Waals surface area contributed by atoms with Gasteiger partial charge in [-0.1, -0.05) is 26.8 Å². The van der Waals surface area contributed by atoms with E-state index in [1.807, 2.05) is 12.1 Å². The smallest absolute Gasteiger partial charge is 0.146 e. The van der Waals surface area contributed by atoms with E-state index in [1.165, 1.54) is 0 Å². The lowest BCUT2D eigenvalue weighted by Gasteiger charge is -2.27. The maximum absolute atomic E-state index is 14.5. The molecule has 1 atom stereocenters. The minimum absolute atomic E-state index is 0.158. The molecule has 21 heavy (non-hydrogen) atoms. The van der Waals surface area contributed by atoms with Crippen molar-refractivity contribution >= 4 is 5.69 Å². The summed E-state index contributed by atoms with van der Waals surface area (Å²) >= 11 is 0. The van der Waals surface area contributed by atoms with Gasteiger partial charge in [-0.05, 0) is 37.1 Å². The summed E-state index contributed by atoms with van der Waals surface area (Å²) < 4.78 is 19.6. The first-order valence-electron chi connectivity index (χ1n) is 7.76. The van der Waals surface area contributed by atoms with E-state index >= 15 is 0 Å². The number of hydrogen-bond acceptors (Lipinski definition) is 3. The highest BCUT2D eigenvalue weighted by atomic mass is 19.1. The summed E-state index contributed by atoms with van der Waals surface area (Å²) in [5.41, 5.74) is 1.64. The van der Waals surface area contributed by atoms with Crippen molar-refractivity contribution in [1.29, 1.82) is 0 Å². The molecule has 1 aromatic carbocycles. The van der Waals surface area contributed by atoms with Crippen LogP contribution >= 0.6 is 0 Å². The molecule has 0 bridgehead atoms. The van der Waals surface area contributed by atoms with Crippen LogP contribution in [0.5, 0.6) is 0 Å². The Kier molecular flexibility index (Phi) is 7.68. The standard InChI is InChI=1S/C17H29FN2O/c1-6-19-14(4)15-7-8-17(16(18)11-15)20(9-10-21-5)12-13(2)3/h7-8,11,13-14,19H,6,9-10,12H2,1-5H3. The largest absolute Gasteiger partial charge is 0.383 e. The molecule has 0 radical (unpaired) electrons. The van der Waals surface area contributed by atoms with Crippen LogP contribution in [0.3, 0.4) is 0 Å². The van der Waals surface area contributed by atoms with Crippen LogP contribution in [0.15, 0.2) is 18.2 Å². The van der Waals surface area contributed by atoms with Crippen molar-refractivity contribution in [3.63, 3.8) is 0 Å². The normalized spacial score (nSPS) is 12.7. The summed E-state index contributed by atoms with van der Waals surface area (Å²) in [4.78, 5) is 2.06. The molecule has 0 saturated heterocycles. The van der Waals surface area contributed by atoms with E-state index in [4.69, 9.17) is 4.74 Å². The molecule has 0 aromatic heterocycles. The fourth-order valence-electron chi connectivity index (χ4n) is 2.43. The second-order valence-corrected chi connectivity index (χ2v) is 5.82. The molecule has 120 valence electrons. The molecule has 0 fully saturated rings. The van der Waals surface area contributed by atoms with Crippen molar-refractivity contribution in [2.24, 2.45) is 5.92 Å². The van der Waals surface area contributed by atoms with Crippen LogP contribution in [0.25, 0.3) is 0 Å². The SMILES string of the molecule is CCNC(C)c1ccc(N(CCOC)CC(C)C)c(F)c1. The lowest BCUT2D eigenvalue weighted by Crippen LogP contribution is -2.31. The molecule has 3 nitrogen and oxygen atoms in total. The number of rotatable bonds is 9. The molecule has 0 heterocycles. The zero-order valence-corrected chi connectivity index (χ0v) is 13.9. The van der Waals surface area contributed by atoms with Gasteiger partial charge in [0.1, 0.15) is 5.82 Å². The van der Waals surface area contributed by atoms with Gasteiger partial charge in [0.2, 0.25) is 0 Å². The Morgan fingerprint density at radius 1 is 1.29 bits per heavy atom. The lowest BCUT2D eigenvalue weighted by atomic mass is 10.1. The van der Waals surface area contributed by atoms with Crippen molar-refractivity contribution in [3.05, 3.63) is 29.6 Å². The Balaban J connectivity index is 2.92. The van der Waals surface area contributed by atoms with Gasteiger partial charge >= 0.3 is 0 Å². The fraction of sp³-hybridized carbons (Fsp3) is 0.647. The Morgan fingerprint density at radius 3 is 2.52 bits per heavy atom. The molecule has 0 aliphatic rings. The summed E-state index contributed by atoms with van der Waals surface area (Å²) in [5, 5.41) is 3.30. The maximum atomic E-state index is 14.5. The van der Waals surface area contributed by atoms with E-state index in [0.29, 0.717) is 24.8 Å². The van der Waals surface area contributed by atoms with Gasteiger partial charge < -0.3 is 15.0 Å². The van der Waals surface area contributed by atoms with Gasteiger partial charge in [-0.15, -0.1) is 0 Å². The second kappa shape index (κ2) is 9.00. The van der Waals surface area contributed by atoms with E-state index < -0.39 is 0 Å². The predicted molar refractivity (Wildman–Crippen MR) is 87.4 cm³/mol. The minimum atomic E-state index is -0.158. The first-order chi connectivity index (χ1) is 9.99. The number of anilines is 1. The van der Waals surface area contributed by atoms with E-state index in [-0.39, 0.29) is 11.9 Å². The molecule has 0 spiro atoms. The summed E-state index contributed by atoms with van der Waals surface area (Å²) in [6, 6.07) is 5.70. The van der Waals surface area contributed by atoms with Crippen LogP contribution in [0.1, 0.15) is 39.3 Å². The molecule has 4 heteroatoms. The second-order valence-electron chi connectivity index (χ2n) is 5.82.